The smallest absolute Gasteiger partial charge is 0.338 e. The van der Waals surface area contributed by atoms with E-state index in [9.17, 15) is 14.4 Å². The van der Waals surface area contributed by atoms with Gasteiger partial charge in [0.25, 0.3) is 0 Å². The fraction of sp³-hybridized carbons (Fsp3) is 0.308. The standard InChI is InChI=1S/C39H42O7/c1-25(2)37(40)45-33-17-15-30(16-18-33)29-11-13-31(14-12-29)35-20-19-34(46-38(41)26(3)4)23-36(35)32-9-7-28(8-10-32)21-22-44-39(42)27(5)24-43-6/h7-14,19-20,23,30,33H,1,3,5,15-18,21-22,24H2,2,4,6H3. The van der Waals surface area contributed by atoms with Crippen molar-refractivity contribution in [2.24, 2.45) is 0 Å². The van der Waals surface area contributed by atoms with Crippen LogP contribution in [-0.4, -0.2) is 44.3 Å². The molecule has 0 saturated heterocycles. The number of esters is 3. The predicted molar refractivity (Wildman–Crippen MR) is 179 cm³/mol. The molecule has 46 heavy (non-hydrogen) atoms. The molecule has 0 aromatic heterocycles. The number of carbonyl (C=O) groups excluding carboxylic acids is 3. The first-order chi connectivity index (χ1) is 22.0. The zero-order valence-electron chi connectivity index (χ0n) is 26.9. The van der Waals surface area contributed by atoms with Crippen molar-refractivity contribution >= 4 is 17.9 Å². The monoisotopic (exact) mass is 622 g/mol. The highest BCUT2D eigenvalue weighted by atomic mass is 16.5. The number of methoxy groups -OCH3 is 1. The predicted octanol–water partition coefficient (Wildman–Crippen LogP) is 7.94. The number of rotatable bonds is 13. The molecule has 0 heterocycles. The molecule has 1 aliphatic carbocycles. The van der Waals surface area contributed by atoms with Gasteiger partial charge in [-0.1, -0.05) is 74.3 Å². The van der Waals surface area contributed by atoms with E-state index < -0.39 is 11.9 Å². The van der Waals surface area contributed by atoms with Crippen LogP contribution >= 0.6 is 0 Å². The molecule has 7 nitrogen and oxygen atoms in total. The van der Waals surface area contributed by atoms with Crippen LogP contribution in [0.2, 0.25) is 0 Å². The molecule has 0 spiro atoms. The Morgan fingerprint density at radius 3 is 1.96 bits per heavy atom. The van der Waals surface area contributed by atoms with Gasteiger partial charge in [-0.05, 0) is 91.0 Å². The molecule has 0 N–H and O–H groups in total. The van der Waals surface area contributed by atoms with Crippen molar-refractivity contribution in [1.29, 1.82) is 0 Å². The Labute approximate surface area is 271 Å². The topological polar surface area (TPSA) is 88.1 Å². The van der Waals surface area contributed by atoms with Crippen LogP contribution < -0.4 is 4.74 Å². The number of hydrogen-bond donors (Lipinski definition) is 0. The molecule has 3 aromatic carbocycles. The minimum atomic E-state index is -0.481. The van der Waals surface area contributed by atoms with Crippen molar-refractivity contribution < 1.29 is 33.3 Å². The fourth-order valence-corrected chi connectivity index (χ4v) is 5.42. The third kappa shape index (κ3) is 9.14. The number of ether oxygens (including phenoxy) is 4. The summed E-state index contributed by atoms with van der Waals surface area (Å²) in [5.74, 6) is -0.427. The first kappa shape index (κ1) is 34.1. The summed E-state index contributed by atoms with van der Waals surface area (Å²) < 4.78 is 21.4. The van der Waals surface area contributed by atoms with Crippen molar-refractivity contribution in [3.8, 4) is 28.0 Å². The van der Waals surface area contributed by atoms with Gasteiger partial charge in [0, 0.05) is 24.7 Å². The van der Waals surface area contributed by atoms with E-state index in [-0.39, 0.29) is 30.9 Å². The van der Waals surface area contributed by atoms with Gasteiger partial charge >= 0.3 is 17.9 Å². The molecule has 1 fully saturated rings. The maximum Gasteiger partial charge on any atom is 0.338 e. The van der Waals surface area contributed by atoms with Crippen LogP contribution in [-0.2, 0) is 35.0 Å². The van der Waals surface area contributed by atoms with Crippen molar-refractivity contribution in [2.75, 3.05) is 20.3 Å². The van der Waals surface area contributed by atoms with Gasteiger partial charge in [0.15, 0.2) is 0 Å². The Kier molecular flexibility index (Phi) is 11.9. The molecule has 0 bridgehead atoms. The van der Waals surface area contributed by atoms with Crippen LogP contribution in [0.1, 0.15) is 56.6 Å². The zero-order valence-corrected chi connectivity index (χ0v) is 26.9. The molecule has 0 atom stereocenters. The third-order valence-electron chi connectivity index (χ3n) is 8.04. The van der Waals surface area contributed by atoms with E-state index in [1.807, 2.05) is 36.4 Å². The van der Waals surface area contributed by atoms with E-state index >= 15 is 0 Å². The fourth-order valence-electron chi connectivity index (χ4n) is 5.42. The number of benzene rings is 3. The Hall–Kier alpha value is -4.75. The van der Waals surface area contributed by atoms with Gasteiger partial charge < -0.3 is 18.9 Å². The van der Waals surface area contributed by atoms with Crippen molar-refractivity contribution in [2.45, 2.75) is 58.0 Å². The number of hydrogen-bond acceptors (Lipinski definition) is 7. The molecule has 7 heteroatoms. The van der Waals surface area contributed by atoms with Crippen LogP contribution in [0.15, 0.2) is 103 Å². The summed E-state index contributed by atoms with van der Waals surface area (Å²) in [4.78, 5) is 36.2. The minimum Gasteiger partial charge on any atom is -0.462 e. The van der Waals surface area contributed by atoms with Gasteiger partial charge in [-0.3, -0.25) is 0 Å². The lowest BCUT2D eigenvalue weighted by Gasteiger charge is -2.28. The molecule has 4 rings (SSSR count). The summed E-state index contributed by atoms with van der Waals surface area (Å²) in [7, 11) is 1.50. The van der Waals surface area contributed by atoms with Crippen LogP contribution in [0.4, 0.5) is 0 Å². The van der Waals surface area contributed by atoms with E-state index in [0.29, 0.717) is 29.2 Å². The van der Waals surface area contributed by atoms with Crippen LogP contribution in [0, 0.1) is 0 Å². The molecule has 0 radical (unpaired) electrons. The first-order valence-corrected chi connectivity index (χ1v) is 15.5. The second kappa shape index (κ2) is 16.0. The maximum atomic E-state index is 12.3. The van der Waals surface area contributed by atoms with Crippen molar-refractivity contribution in [3.63, 3.8) is 0 Å². The molecular formula is C39H42O7. The van der Waals surface area contributed by atoms with Gasteiger partial charge in [-0.25, -0.2) is 14.4 Å². The summed E-state index contributed by atoms with van der Waals surface area (Å²) in [5.41, 5.74) is 7.19. The normalized spacial score (nSPS) is 15.8. The zero-order chi connectivity index (χ0) is 33.2. The molecular weight excluding hydrogens is 580 g/mol. The second-order valence-corrected chi connectivity index (χ2v) is 11.8. The molecule has 1 saturated carbocycles. The van der Waals surface area contributed by atoms with E-state index in [1.165, 1.54) is 12.7 Å². The van der Waals surface area contributed by atoms with Gasteiger partial charge in [0.1, 0.15) is 11.9 Å². The maximum absolute atomic E-state index is 12.3. The van der Waals surface area contributed by atoms with Gasteiger partial charge in [0.05, 0.1) is 18.8 Å². The lowest BCUT2D eigenvalue weighted by molar-refractivity contribution is -0.145. The van der Waals surface area contributed by atoms with Crippen LogP contribution in [0.5, 0.6) is 5.75 Å². The van der Waals surface area contributed by atoms with Crippen molar-refractivity contribution in [3.05, 3.63) is 114 Å². The summed E-state index contributed by atoms with van der Waals surface area (Å²) in [6.07, 6.45) is 4.07. The molecule has 240 valence electrons. The van der Waals surface area contributed by atoms with Gasteiger partial charge in [0.2, 0.25) is 0 Å². The summed E-state index contributed by atoms with van der Waals surface area (Å²) in [6, 6.07) is 22.2. The quantitative estimate of drug-likeness (QED) is 0.109. The number of carbonyl (C=O) groups is 3. The average Bonchev–Trinajstić information content (AvgIpc) is 3.05. The highest BCUT2D eigenvalue weighted by molar-refractivity contribution is 5.90. The van der Waals surface area contributed by atoms with Crippen LogP contribution in [0.25, 0.3) is 22.3 Å². The molecule has 3 aromatic rings. The molecule has 0 amide bonds. The van der Waals surface area contributed by atoms with Crippen LogP contribution in [0.3, 0.4) is 0 Å². The molecule has 1 aliphatic rings. The Morgan fingerprint density at radius 1 is 0.739 bits per heavy atom. The minimum absolute atomic E-state index is 0.0536. The average molecular weight is 623 g/mol. The van der Waals surface area contributed by atoms with E-state index in [1.54, 1.807) is 19.9 Å². The highest BCUT2D eigenvalue weighted by Gasteiger charge is 2.25. The summed E-state index contributed by atoms with van der Waals surface area (Å²) >= 11 is 0. The van der Waals surface area contributed by atoms with Crippen molar-refractivity contribution in [1.82, 2.24) is 0 Å². The first-order valence-electron chi connectivity index (χ1n) is 15.5. The Morgan fingerprint density at radius 2 is 1.35 bits per heavy atom. The largest absolute Gasteiger partial charge is 0.462 e. The Bertz CT molecular complexity index is 1590. The van der Waals surface area contributed by atoms with E-state index in [0.717, 1.165) is 53.5 Å². The molecule has 0 unspecified atom stereocenters. The third-order valence-corrected chi connectivity index (χ3v) is 8.04. The summed E-state index contributed by atoms with van der Waals surface area (Å²) in [5, 5.41) is 0. The van der Waals surface area contributed by atoms with Gasteiger partial charge in [-0.2, -0.15) is 0 Å². The lowest BCUT2D eigenvalue weighted by atomic mass is 9.82. The lowest BCUT2D eigenvalue weighted by Crippen LogP contribution is -2.24. The Balaban J connectivity index is 1.51. The summed E-state index contributed by atoms with van der Waals surface area (Å²) in [6.45, 7) is 14.7. The highest BCUT2D eigenvalue weighted by Crippen LogP contribution is 2.38. The van der Waals surface area contributed by atoms with E-state index in [2.05, 4.69) is 44.0 Å². The SMILES string of the molecule is C=C(C)C(=O)Oc1ccc(-c2ccc(C3CCC(OC(=O)C(=C)C)CC3)cc2)c(-c2ccc(CCOC(=O)C(=C)COC)cc2)c1. The van der Waals surface area contributed by atoms with Gasteiger partial charge in [-0.15, -0.1) is 0 Å². The second-order valence-electron chi connectivity index (χ2n) is 11.8. The van der Waals surface area contributed by atoms with E-state index in [4.69, 9.17) is 18.9 Å². The molecule has 0 aliphatic heterocycles.